The largest absolute Gasteiger partial charge is 0.398 e. The first-order valence-corrected chi connectivity index (χ1v) is 6.77. The van der Waals surface area contributed by atoms with Gasteiger partial charge in [0.05, 0.1) is 11.6 Å². The molecule has 2 rings (SSSR count). The highest BCUT2D eigenvalue weighted by atomic mass is 32.2. The second-order valence-corrected chi connectivity index (χ2v) is 5.21. The summed E-state index contributed by atoms with van der Waals surface area (Å²) in [5.74, 6) is 0.160. The number of nitriles is 1. The Kier molecular flexibility index (Phi) is 4.08. The maximum Gasteiger partial charge on any atom is 0.127 e. The molecule has 0 aliphatic heterocycles. The van der Waals surface area contributed by atoms with Crippen molar-refractivity contribution in [2.75, 3.05) is 5.73 Å². The highest BCUT2D eigenvalue weighted by Crippen LogP contribution is 2.30. The molecule has 0 unspecified atom stereocenters. The number of nitrogens with two attached hydrogens (primary N) is 1. The van der Waals surface area contributed by atoms with Gasteiger partial charge in [0.1, 0.15) is 5.82 Å². The molecule has 0 heterocycles. The minimum absolute atomic E-state index is 0.294. The molecule has 4 heteroatoms. The van der Waals surface area contributed by atoms with E-state index >= 15 is 0 Å². The molecule has 96 valence electrons. The van der Waals surface area contributed by atoms with Crippen molar-refractivity contribution in [3.05, 3.63) is 58.9 Å². The molecule has 19 heavy (non-hydrogen) atoms. The van der Waals surface area contributed by atoms with Gasteiger partial charge < -0.3 is 5.73 Å². The Hall–Kier alpha value is -1.99. The molecule has 0 spiro atoms. The molecule has 0 aliphatic rings. The summed E-state index contributed by atoms with van der Waals surface area (Å²) in [6, 6.07) is 12.2. The van der Waals surface area contributed by atoms with Crippen LogP contribution in [0.4, 0.5) is 10.1 Å². The fourth-order valence-corrected chi connectivity index (χ4v) is 2.71. The Bertz CT molecular complexity index is 647. The zero-order valence-electron chi connectivity index (χ0n) is 10.5. The average molecular weight is 272 g/mol. The number of hydrogen-bond acceptors (Lipinski definition) is 3. The third kappa shape index (κ3) is 3.07. The molecule has 0 radical (unpaired) electrons. The van der Waals surface area contributed by atoms with Crippen LogP contribution in [0.3, 0.4) is 0 Å². The molecule has 0 aromatic heterocycles. The van der Waals surface area contributed by atoms with Gasteiger partial charge in [0.15, 0.2) is 0 Å². The van der Waals surface area contributed by atoms with E-state index in [9.17, 15) is 4.39 Å². The van der Waals surface area contributed by atoms with Crippen LogP contribution in [0.1, 0.15) is 16.7 Å². The number of aryl methyl sites for hydroxylation is 1. The van der Waals surface area contributed by atoms with E-state index in [0.717, 1.165) is 16.1 Å². The minimum atomic E-state index is -0.294. The van der Waals surface area contributed by atoms with Gasteiger partial charge in [-0.3, -0.25) is 0 Å². The number of anilines is 1. The molecule has 2 N–H and O–H groups in total. The van der Waals surface area contributed by atoms with Gasteiger partial charge in [0, 0.05) is 16.3 Å². The molecular formula is C15H13FN2S. The molecule has 0 saturated heterocycles. The molecule has 0 aliphatic carbocycles. The van der Waals surface area contributed by atoms with E-state index in [2.05, 4.69) is 0 Å². The van der Waals surface area contributed by atoms with Crippen molar-refractivity contribution in [1.82, 2.24) is 0 Å². The molecule has 2 nitrogen and oxygen atoms in total. The lowest BCUT2D eigenvalue weighted by molar-refractivity contribution is 0.617. The van der Waals surface area contributed by atoms with Gasteiger partial charge in [0.2, 0.25) is 0 Å². The SMILES string of the molecule is Cc1cccc(SCc2cc(C#N)ccc2F)c1N. The van der Waals surface area contributed by atoms with Crippen LogP contribution in [0.5, 0.6) is 0 Å². The first-order chi connectivity index (χ1) is 9.11. The number of hydrogen-bond donors (Lipinski definition) is 1. The van der Waals surface area contributed by atoms with Crippen LogP contribution >= 0.6 is 11.8 Å². The zero-order chi connectivity index (χ0) is 13.8. The standard InChI is InChI=1S/C15H13FN2S/c1-10-3-2-4-14(15(10)18)19-9-12-7-11(8-17)5-6-13(12)16/h2-7H,9,18H2,1H3. The van der Waals surface area contributed by atoms with Gasteiger partial charge in [-0.15, -0.1) is 11.8 Å². The second kappa shape index (κ2) is 5.77. The van der Waals surface area contributed by atoms with Crippen molar-refractivity contribution in [2.45, 2.75) is 17.6 Å². The third-order valence-corrected chi connectivity index (χ3v) is 3.96. The van der Waals surface area contributed by atoms with Gasteiger partial charge in [-0.2, -0.15) is 5.26 Å². The second-order valence-electron chi connectivity index (χ2n) is 4.19. The number of halogens is 1. The van der Waals surface area contributed by atoms with Gasteiger partial charge in [-0.25, -0.2) is 4.39 Å². The van der Waals surface area contributed by atoms with Crippen LogP contribution < -0.4 is 5.73 Å². The number of nitrogen functional groups attached to an aromatic ring is 1. The lowest BCUT2D eigenvalue weighted by Crippen LogP contribution is -1.94. The fourth-order valence-electron chi connectivity index (χ4n) is 1.69. The van der Waals surface area contributed by atoms with Crippen molar-refractivity contribution in [1.29, 1.82) is 5.26 Å². The maximum atomic E-state index is 13.6. The summed E-state index contributed by atoms with van der Waals surface area (Å²) >= 11 is 1.47. The summed E-state index contributed by atoms with van der Waals surface area (Å²) in [6.45, 7) is 1.94. The van der Waals surface area contributed by atoms with Gasteiger partial charge in [-0.05, 0) is 42.3 Å². The molecule has 0 saturated carbocycles. The highest BCUT2D eigenvalue weighted by molar-refractivity contribution is 7.98. The fraction of sp³-hybridized carbons (Fsp3) is 0.133. The van der Waals surface area contributed by atoms with Crippen molar-refractivity contribution >= 4 is 17.4 Å². The van der Waals surface area contributed by atoms with Crippen molar-refractivity contribution in [3.63, 3.8) is 0 Å². The predicted molar refractivity (Wildman–Crippen MR) is 76.3 cm³/mol. The topological polar surface area (TPSA) is 49.8 Å². The van der Waals surface area contributed by atoms with E-state index in [1.165, 1.54) is 23.9 Å². The number of benzene rings is 2. The lowest BCUT2D eigenvalue weighted by atomic mass is 10.1. The number of rotatable bonds is 3. The minimum Gasteiger partial charge on any atom is -0.398 e. The summed E-state index contributed by atoms with van der Waals surface area (Å²) in [5, 5.41) is 8.82. The van der Waals surface area contributed by atoms with Crippen LogP contribution in [0.2, 0.25) is 0 Å². The monoisotopic (exact) mass is 272 g/mol. The Morgan fingerprint density at radius 2 is 2.11 bits per heavy atom. The number of para-hydroxylation sites is 1. The molecule has 0 amide bonds. The maximum absolute atomic E-state index is 13.6. The molecule has 0 bridgehead atoms. The van der Waals surface area contributed by atoms with E-state index in [1.807, 2.05) is 31.2 Å². The molecular weight excluding hydrogens is 259 g/mol. The summed E-state index contributed by atoms with van der Waals surface area (Å²) in [7, 11) is 0. The Labute approximate surface area is 116 Å². The van der Waals surface area contributed by atoms with Crippen LogP contribution in [-0.4, -0.2) is 0 Å². The van der Waals surface area contributed by atoms with Crippen LogP contribution in [-0.2, 0) is 5.75 Å². The smallest absolute Gasteiger partial charge is 0.127 e. The molecule has 2 aromatic carbocycles. The predicted octanol–water partition coefficient (Wildman–Crippen LogP) is 3.88. The molecule has 2 aromatic rings. The first-order valence-electron chi connectivity index (χ1n) is 5.78. The van der Waals surface area contributed by atoms with Gasteiger partial charge in [-0.1, -0.05) is 12.1 Å². The highest BCUT2D eigenvalue weighted by Gasteiger charge is 2.07. The van der Waals surface area contributed by atoms with E-state index in [1.54, 1.807) is 6.07 Å². The van der Waals surface area contributed by atoms with E-state index in [4.69, 9.17) is 11.0 Å². The summed E-state index contributed by atoms with van der Waals surface area (Å²) in [4.78, 5) is 0.932. The van der Waals surface area contributed by atoms with Crippen molar-refractivity contribution in [2.24, 2.45) is 0 Å². The molecule has 0 fully saturated rings. The third-order valence-electron chi connectivity index (χ3n) is 2.84. The quantitative estimate of drug-likeness (QED) is 0.681. The van der Waals surface area contributed by atoms with E-state index in [0.29, 0.717) is 16.9 Å². The van der Waals surface area contributed by atoms with Crippen molar-refractivity contribution < 1.29 is 4.39 Å². The average Bonchev–Trinajstić information content (AvgIpc) is 2.42. The summed E-state index contributed by atoms with van der Waals surface area (Å²) in [6.07, 6.45) is 0. The van der Waals surface area contributed by atoms with Gasteiger partial charge >= 0.3 is 0 Å². The van der Waals surface area contributed by atoms with Crippen LogP contribution in [0.25, 0.3) is 0 Å². The summed E-state index contributed by atoms with van der Waals surface area (Å²) < 4.78 is 13.6. The zero-order valence-corrected chi connectivity index (χ0v) is 11.3. The number of thioether (sulfide) groups is 1. The molecule has 0 atom stereocenters. The summed E-state index contributed by atoms with van der Waals surface area (Å²) in [5.41, 5.74) is 8.70. The van der Waals surface area contributed by atoms with Crippen molar-refractivity contribution in [3.8, 4) is 6.07 Å². The normalized spacial score (nSPS) is 10.2. The van der Waals surface area contributed by atoms with Gasteiger partial charge in [0.25, 0.3) is 0 Å². The lowest BCUT2D eigenvalue weighted by Gasteiger charge is -2.08. The van der Waals surface area contributed by atoms with Crippen LogP contribution in [0.15, 0.2) is 41.3 Å². The number of nitrogens with zero attached hydrogens (tertiary/aromatic N) is 1. The Balaban J connectivity index is 2.19. The van der Waals surface area contributed by atoms with Crippen LogP contribution in [0, 0.1) is 24.1 Å². The Morgan fingerprint density at radius 3 is 2.84 bits per heavy atom. The van der Waals surface area contributed by atoms with E-state index in [-0.39, 0.29) is 5.82 Å². The van der Waals surface area contributed by atoms with E-state index < -0.39 is 0 Å². The Morgan fingerprint density at radius 1 is 1.32 bits per heavy atom. The first kappa shape index (κ1) is 13.4.